The van der Waals surface area contributed by atoms with Crippen molar-refractivity contribution < 1.29 is 14.3 Å². The minimum absolute atomic E-state index is 0. The molecule has 0 aliphatic carbocycles. The molecular weight excluding hydrogens is 304 g/mol. The number of halogens is 1. The van der Waals surface area contributed by atoms with Gasteiger partial charge in [-0.1, -0.05) is 18.2 Å². The molecule has 1 aromatic carbocycles. The van der Waals surface area contributed by atoms with Crippen LogP contribution in [0.1, 0.15) is 17.9 Å². The summed E-state index contributed by atoms with van der Waals surface area (Å²) in [7, 11) is 0. The van der Waals surface area contributed by atoms with E-state index in [4.69, 9.17) is 9.52 Å². The van der Waals surface area contributed by atoms with Gasteiger partial charge >= 0.3 is 5.97 Å². The maximum absolute atomic E-state index is 11.0. The molecule has 0 bridgehead atoms. The van der Waals surface area contributed by atoms with Crippen LogP contribution in [0, 0.1) is 12.8 Å². The van der Waals surface area contributed by atoms with Gasteiger partial charge in [0.1, 0.15) is 5.76 Å². The van der Waals surface area contributed by atoms with Crippen molar-refractivity contribution in [2.45, 2.75) is 19.9 Å². The second kappa shape index (κ2) is 6.94. The molecular formula is C16H19ClN2O3. The Morgan fingerprint density at radius 1 is 1.41 bits per heavy atom. The average molecular weight is 323 g/mol. The molecule has 1 aliphatic heterocycles. The smallest absolute Gasteiger partial charge is 0.307 e. The first kappa shape index (κ1) is 16.5. The molecule has 3 rings (SSSR count). The molecule has 1 fully saturated rings. The van der Waals surface area contributed by atoms with Crippen molar-refractivity contribution in [2.24, 2.45) is 5.92 Å². The highest BCUT2D eigenvalue weighted by Gasteiger charge is 2.28. The summed E-state index contributed by atoms with van der Waals surface area (Å²) in [5.74, 6) is 0.454. The molecule has 1 saturated heterocycles. The zero-order valence-corrected chi connectivity index (χ0v) is 13.2. The Kier molecular flexibility index (Phi) is 5.21. The van der Waals surface area contributed by atoms with E-state index in [1.807, 2.05) is 37.3 Å². The molecule has 2 heterocycles. The Hall–Kier alpha value is -1.85. The van der Waals surface area contributed by atoms with E-state index in [0.29, 0.717) is 25.4 Å². The van der Waals surface area contributed by atoms with E-state index in [0.717, 1.165) is 23.6 Å². The zero-order valence-electron chi connectivity index (χ0n) is 12.4. The first-order valence-electron chi connectivity index (χ1n) is 7.10. The van der Waals surface area contributed by atoms with Crippen molar-refractivity contribution in [3.8, 4) is 11.5 Å². The summed E-state index contributed by atoms with van der Waals surface area (Å²) in [4.78, 5) is 17.7. The van der Waals surface area contributed by atoms with E-state index in [1.165, 1.54) is 0 Å². The van der Waals surface area contributed by atoms with Crippen LogP contribution in [0.25, 0.3) is 11.5 Å². The maximum Gasteiger partial charge on any atom is 0.307 e. The molecule has 1 aromatic heterocycles. The third kappa shape index (κ3) is 3.48. The van der Waals surface area contributed by atoms with Crippen LogP contribution in [-0.4, -0.2) is 34.0 Å². The normalized spacial score (nSPS) is 18.1. The van der Waals surface area contributed by atoms with Gasteiger partial charge in [-0.25, -0.2) is 4.98 Å². The molecule has 22 heavy (non-hydrogen) atoms. The fourth-order valence-electron chi connectivity index (χ4n) is 2.67. The van der Waals surface area contributed by atoms with Crippen molar-refractivity contribution in [3.05, 3.63) is 41.8 Å². The van der Waals surface area contributed by atoms with Crippen LogP contribution in [0.5, 0.6) is 0 Å². The summed E-state index contributed by atoms with van der Waals surface area (Å²) in [6.07, 6.45) is 0.706. The molecule has 1 N–H and O–H groups in total. The van der Waals surface area contributed by atoms with E-state index >= 15 is 0 Å². The van der Waals surface area contributed by atoms with E-state index in [9.17, 15) is 4.79 Å². The monoisotopic (exact) mass is 322 g/mol. The second-order valence-corrected chi connectivity index (χ2v) is 5.45. The summed E-state index contributed by atoms with van der Waals surface area (Å²) in [5.41, 5.74) is 1.84. The number of carboxylic acid groups (broad SMARTS) is 1. The van der Waals surface area contributed by atoms with Crippen LogP contribution in [0.2, 0.25) is 0 Å². The Bertz CT molecular complexity index is 642. The molecule has 2 aromatic rings. The largest absolute Gasteiger partial charge is 0.481 e. The zero-order chi connectivity index (χ0) is 14.8. The van der Waals surface area contributed by atoms with E-state index in [2.05, 4.69) is 9.88 Å². The van der Waals surface area contributed by atoms with Gasteiger partial charge in [0.25, 0.3) is 0 Å². The third-order valence-corrected chi connectivity index (χ3v) is 3.91. The minimum Gasteiger partial charge on any atom is -0.481 e. The second-order valence-electron chi connectivity index (χ2n) is 5.45. The number of aryl methyl sites for hydroxylation is 1. The number of aromatic nitrogens is 1. The number of hydrogen-bond donors (Lipinski definition) is 1. The van der Waals surface area contributed by atoms with Crippen LogP contribution < -0.4 is 0 Å². The molecule has 0 amide bonds. The molecule has 1 unspecified atom stereocenters. The molecule has 0 radical (unpaired) electrons. The van der Waals surface area contributed by atoms with E-state index in [-0.39, 0.29) is 18.3 Å². The molecule has 1 atom stereocenters. The maximum atomic E-state index is 11.0. The third-order valence-electron chi connectivity index (χ3n) is 3.91. The van der Waals surface area contributed by atoms with Crippen molar-refractivity contribution in [2.75, 3.05) is 13.1 Å². The summed E-state index contributed by atoms with van der Waals surface area (Å²) in [6, 6.07) is 9.78. The lowest BCUT2D eigenvalue weighted by molar-refractivity contribution is -0.141. The molecule has 6 heteroatoms. The number of likely N-dealkylation sites (tertiary alicyclic amines) is 1. The van der Waals surface area contributed by atoms with E-state index in [1.54, 1.807) is 0 Å². The number of benzene rings is 1. The first-order valence-corrected chi connectivity index (χ1v) is 7.10. The van der Waals surface area contributed by atoms with Gasteiger partial charge in [-0.15, -0.1) is 12.4 Å². The quantitative estimate of drug-likeness (QED) is 0.937. The summed E-state index contributed by atoms with van der Waals surface area (Å²) in [5, 5.41) is 9.04. The molecule has 0 saturated carbocycles. The number of nitrogens with zero attached hydrogens (tertiary/aromatic N) is 2. The summed E-state index contributed by atoms with van der Waals surface area (Å²) >= 11 is 0. The van der Waals surface area contributed by atoms with Crippen molar-refractivity contribution in [1.29, 1.82) is 0 Å². The predicted octanol–water partition coefficient (Wildman–Crippen LogP) is 2.98. The van der Waals surface area contributed by atoms with Crippen molar-refractivity contribution >= 4 is 18.4 Å². The number of oxazole rings is 1. The van der Waals surface area contributed by atoms with Gasteiger partial charge in [-0.05, 0) is 32.0 Å². The molecule has 5 nitrogen and oxygen atoms in total. The lowest BCUT2D eigenvalue weighted by Crippen LogP contribution is -2.23. The van der Waals surface area contributed by atoms with Crippen molar-refractivity contribution in [1.82, 2.24) is 9.88 Å². The number of carbonyl (C=O) groups is 1. The summed E-state index contributed by atoms with van der Waals surface area (Å²) < 4.78 is 5.73. The lowest BCUT2D eigenvalue weighted by atomic mass is 10.1. The Balaban J connectivity index is 0.00000176. The fraction of sp³-hybridized carbons (Fsp3) is 0.375. The van der Waals surface area contributed by atoms with Gasteiger partial charge in [-0.2, -0.15) is 0 Å². The van der Waals surface area contributed by atoms with Crippen LogP contribution in [-0.2, 0) is 11.3 Å². The van der Waals surface area contributed by atoms with Crippen LogP contribution in [0.15, 0.2) is 34.7 Å². The number of aliphatic carboxylic acids is 1. The standard InChI is InChI=1S/C16H18N2O3.ClH/c1-11-14(10-18-8-7-13(9-18)16(19)20)17-15(21-11)12-5-3-2-4-6-12;/h2-6,13H,7-10H2,1H3,(H,19,20);1H. The Morgan fingerprint density at radius 2 is 2.14 bits per heavy atom. The Morgan fingerprint density at radius 3 is 2.77 bits per heavy atom. The highest BCUT2D eigenvalue weighted by Crippen LogP contribution is 2.24. The highest BCUT2D eigenvalue weighted by molar-refractivity contribution is 5.85. The average Bonchev–Trinajstić information content (AvgIpc) is 3.08. The lowest BCUT2D eigenvalue weighted by Gasteiger charge is -2.13. The molecule has 1 aliphatic rings. The first-order chi connectivity index (χ1) is 10.1. The topological polar surface area (TPSA) is 66.6 Å². The number of hydrogen-bond acceptors (Lipinski definition) is 4. The van der Waals surface area contributed by atoms with Gasteiger partial charge in [0.2, 0.25) is 5.89 Å². The van der Waals surface area contributed by atoms with Crippen LogP contribution in [0.3, 0.4) is 0 Å². The van der Waals surface area contributed by atoms with Gasteiger partial charge in [0, 0.05) is 18.7 Å². The Labute approximate surface area is 135 Å². The molecule has 0 spiro atoms. The number of carboxylic acids is 1. The van der Waals surface area contributed by atoms with Gasteiger partial charge < -0.3 is 9.52 Å². The van der Waals surface area contributed by atoms with Crippen molar-refractivity contribution in [3.63, 3.8) is 0 Å². The van der Waals surface area contributed by atoms with Crippen LogP contribution in [0.4, 0.5) is 0 Å². The fourth-order valence-corrected chi connectivity index (χ4v) is 2.67. The van der Waals surface area contributed by atoms with Crippen LogP contribution >= 0.6 is 12.4 Å². The predicted molar refractivity (Wildman–Crippen MR) is 84.9 cm³/mol. The van der Waals surface area contributed by atoms with E-state index < -0.39 is 5.97 Å². The molecule has 118 valence electrons. The van der Waals surface area contributed by atoms with Gasteiger partial charge in [0.05, 0.1) is 11.6 Å². The highest BCUT2D eigenvalue weighted by atomic mass is 35.5. The van der Waals surface area contributed by atoms with Gasteiger partial charge in [0.15, 0.2) is 0 Å². The van der Waals surface area contributed by atoms with Gasteiger partial charge in [-0.3, -0.25) is 9.69 Å². The number of rotatable bonds is 4. The summed E-state index contributed by atoms with van der Waals surface area (Å²) in [6.45, 7) is 3.93. The minimum atomic E-state index is -0.709. The SMILES string of the molecule is Cc1oc(-c2ccccc2)nc1CN1CCC(C(=O)O)C1.Cl.